The van der Waals surface area contributed by atoms with E-state index in [-0.39, 0.29) is 11.5 Å². The highest BCUT2D eigenvalue weighted by Crippen LogP contribution is 2.30. The molecule has 0 spiro atoms. The van der Waals surface area contributed by atoms with Gasteiger partial charge in [-0.15, -0.1) is 11.3 Å². The Hall–Kier alpha value is -2.87. The van der Waals surface area contributed by atoms with Crippen LogP contribution in [0.25, 0.3) is 10.2 Å². The summed E-state index contributed by atoms with van der Waals surface area (Å²) in [5, 5.41) is 0.619. The Morgan fingerprint density at radius 1 is 1.06 bits per heavy atom. The summed E-state index contributed by atoms with van der Waals surface area (Å²) in [5.74, 6) is 1.70. The summed E-state index contributed by atoms with van der Waals surface area (Å²) in [6.45, 7) is 5.65. The molecular formula is C23H26N4O3S. The molecule has 7 nitrogen and oxygen atoms in total. The van der Waals surface area contributed by atoms with Crippen LogP contribution in [-0.4, -0.2) is 53.6 Å². The summed E-state index contributed by atoms with van der Waals surface area (Å²) in [6.07, 6.45) is 2.69. The van der Waals surface area contributed by atoms with Crippen LogP contribution in [0.1, 0.15) is 33.9 Å². The average Bonchev–Trinajstić information content (AvgIpc) is 3.30. The van der Waals surface area contributed by atoms with Gasteiger partial charge in [0.25, 0.3) is 11.5 Å². The predicted octanol–water partition coefficient (Wildman–Crippen LogP) is 3.07. The Bertz CT molecular complexity index is 1200. The van der Waals surface area contributed by atoms with Crippen LogP contribution in [0.4, 0.5) is 5.69 Å². The van der Waals surface area contributed by atoms with Gasteiger partial charge in [-0.05, 0) is 49.6 Å². The zero-order valence-corrected chi connectivity index (χ0v) is 18.7. The van der Waals surface area contributed by atoms with E-state index in [0.717, 1.165) is 61.7 Å². The molecule has 31 heavy (non-hydrogen) atoms. The highest BCUT2D eigenvalue weighted by Gasteiger charge is 2.27. The van der Waals surface area contributed by atoms with E-state index in [1.807, 2.05) is 24.0 Å². The molecule has 162 valence electrons. The van der Waals surface area contributed by atoms with Gasteiger partial charge in [0.05, 0.1) is 17.4 Å². The SMILES string of the molecule is COc1ccc(N2CCCN(C(=O)c3sc4nc5n(c(=O)c4c3C)CCC5)CC2)cc1. The lowest BCUT2D eigenvalue weighted by atomic mass is 10.2. The summed E-state index contributed by atoms with van der Waals surface area (Å²) in [5.41, 5.74) is 1.92. The minimum Gasteiger partial charge on any atom is -0.497 e. The molecule has 0 bridgehead atoms. The molecule has 8 heteroatoms. The molecule has 0 atom stereocenters. The molecule has 0 N–H and O–H groups in total. The molecular weight excluding hydrogens is 412 g/mol. The number of carbonyl (C=O) groups is 1. The molecule has 2 aromatic heterocycles. The minimum atomic E-state index is 0.00634. The summed E-state index contributed by atoms with van der Waals surface area (Å²) in [7, 11) is 1.66. The fourth-order valence-corrected chi connectivity index (χ4v) is 5.75. The lowest BCUT2D eigenvalue weighted by molar-refractivity contribution is 0.0771. The first-order chi connectivity index (χ1) is 15.1. The first-order valence-corrected chi connectivity index (χ1v) is 11.6. The maximum absolute atomic E-state index is 13.4. The molecule has 1 amide bonds. The average molecular weight is 439 g/mol. The Kier molecular flexibility index (Phi) is 5.17. The smallest absolute Gasteiger partial charge is 0.264 e. The number of amides is 1. The van der Waals surface area contributed by atoms with Crippen molar-refractivity contribution in [3.63, 3.8) is 0 Å². The number of benzene rings is 1. The van der Waals surface area contributed by atoms with E-state index in [4.69, 9.17) is 9.72 Å². The molecule has 4 heterocycles. The van der Waals surface area contributed by atoms with Crippen LogP contribution < -0.4 is 15.2 Å². The molecule has 0 unspecified atom stereocenters. The number of aromatic nitrogens is 2. The van der Waals surface area contributed by atoms with Gasteiger partial charge >= 0.3 is 0 Å². The second-order valence-electron chi connectivity index (χ2n) is 8.16. The van der Waals surface area contributed by atoms with Crippen molar-refractivity contribution in [3.8, 4) is 5.75 Å². The zero-order valence-electron chi connectivity index (χ0n) is 17.9. The first kappa shape index (κ1) is 20.1. The third-order valence-electron chi connectivity index (χ3n) is 6.33. The standard InChI is InChI=1S/C23H26N4O3S/c1-15-19-21(24-18-5-3-12-27(18)22(19)28)31-20(15)23(29)26-11-4-10-25(13-14-26)16-6-8-17(30-2)9-7-16/h6-9H,3-5,10-14H2,1-2H3. The molecule has 3 aromatic rings. The molecule has 0 saturated carbocycles. The lowest BCUT2D eigenvalue weighted by Crippen LogP contribution is -2.35. The molecule has 2 aliphatic heterocycles. The van der Waals surface area contributed by atoms with Gasteiger partial charge in [-0.3, -0.25) is 14.2 Å². The van der Waals surface area contributed by atoms with Gasteiger partial charge in [-0.25, -0.2) is 4.98 Å². The fourth-order valence-electron chi connectivity index (χ4n) is 4.59. The van der Waals surface area contributed by atoms with Crippen molar-refractivity contribution < 1.29 is 9.53 Å². The van der Waals surface area contributed by atoms with Crippen molar-refractivity contribution in [1.29, 1.82) is 0 Å². The summed E-state index contributed by atoms with van der Waals surface area (Å²) in [4.78, 5) is 36.6. The van der Waals surface area contributed by atoms with Crippen LogP contribution in [-0.2, 0) is 13.0 Å². The van der Waals surface area contributed by atoms with E-state index in [2.05, 4.69) is 17.0 Å². The fraction of sp³-hybridized carbons (Fsp3) is 0.435. The molecule has 0 aliphatic carbocycles. The molecule has 2 aliphatic rings. The lowest BCUT2D eigenvalue weighted by Gasteiger charge is -2.23. The van der Waals surface area contributed by atoms with E-state index in [1.165, 1.54) is 11.3 Å². The van der Waals surface area contributed by atoms with Gasteiger partial charge in [-0.2, -0.15) is 0 Å². The monoisotopic (exact) mass is 438 g/mol. The van der Waals surface area contributed by atoms with Crippen molar-refractivity contribution in [2.75, 3.05) is 38.2 Å². The molecule has 5 rings (SSSR count). The van der Waals surface area contributed by atoms with Gasteiger partial charge in [0, 0.05) is 44.8 Å². The number of carbonyl (C=O) groups excluding carboxylic acids is 1. The van der Waals surface area contributed by atoms with E-state index in [1.54, 1.807) is 11.7 Å². The Labute approximate surface area is 184 Å². The number of hydrogen-bond acceptors (Lipinski definition) is 6. The Morgan fingerprint density at radius 2 is 1.87 bits per heavy atom. The van der Waals surface area contributed by atoms with Crippen molar-refractivity contribution in [1.82, 2.24) is 14.5 Å². The summed E-state index contributed by atoms with van der Waals surface area (Å²) >= 11 is 1.37. The first-order valence-electron chi connectivity index (χ1n) is 10.8. The van der Waals surface area contributed by atoms with Crippen molar-refractivity contribution >= 4 is 33.1 Å². The van der Waals surface area contributed by atoms with Crippen molar-refractivity contribution in [2.24, 2.45) is 0 Å². The number of anilines is 1. The molecule has 1 fully saturated rings. The van der Waals surface area contributed by atoms with Crippen LogP contribution in [0.5, 0.6) is 5.75 Å². The van der Waals surface area contributed by atoms with Crippen LogP contribution >= 0.6 is 11.3 Å². The Balaban J connectivity index is 1.38. The molecule has 1 aromatic carbocycles. The second-order valence-corrected chi connectivity index (χ2v) is 9.15. The Morgan fingerprint density at radius 3 is 2.65 bits per heavy atom. The normalized spacial score (nSPS) is 16.5. The summed E-state index contributed by atoms with van der Waals surface area (Å²) in [6, 6.07) is 8.05. The third-order valence-corrected chi connectivity index (χ3v) is 7.50. The maximum Gasteiger partial charge on any atom is 0.264 e. The number of thiophene rings is 1. The minimum absolute atomic E-state index is 0.00634. The van der Waals surface area contributed by atoms with Crippen LogP contribution in [0.3, 0.4) is 0 Å². The number of ether oxygens (including phenoxy) is 1. The van der Waals surface area contributed by atoms with Crippen LogP contribution in [0.15, 0.2) is 29.1 Å². The van der Waals surface area contributed by atoms with E-state index in [0.29, 0.717) is 28.2 Å². The second kappa shape index (κ2) is 8.00. The van der Waals surface area contributed by atoms with Crippen LogP contribution in [0.2, 0.25) is 0 Å². The van der Waals surface area contributed by atoms with E-state index in [9.17, 15) is 9.59 Å². The number of nitrogens with zero attached hydrogens (tertiary/aromatic N) is 4. The number of rotatable bonds is 3. The largest absolute Gasteiger partial charge is 0.497 e. The molecule has 0 radical (unpaired) electrons. The molecule has 1 saturated heterocycles. The van der Waals surface area contributed by atoms with Gasteiger partial charge in [0.1, 0.15) is 16.4 Å². The number of fused-ring (bicyclic) bond motifs is 2. The predicted molar refractivity (Wildman–Crippen MR) is 123 cm³/mol. The van der Waals surface area contributed by atoms with E-state index >= 15 is 0 Å². The zero-order chi connectivity index (χ0) is 21.5. The number of hydrogen-bond donors (Lipinski definition) is 0. The van der Waals surface area contributed by atoms with Crippen molar-refractivity contribution in [2.45, 2.75) is 32.7 Å². The highest BCUT2D eigenvalue weighted by molar-refractivity contribution is 7.20. The van der Waals surface area contributed by atoms with Gasteiger partial charge < -0.3 is 14.5 Å². The third kappa shape index (κ3) is 3.48. The maximum atomic E-state index is 13.4. The number of aryl methyl sites for hydroxylation is 2. The topological polar surface area (TPSA) is 67.7 Å². The quantitative estimate of drug-likeness (QED) is 0.629. The van der Waals surface area contributed by atoms with Gasteiger partial charge in [0.2, 0.25) is 0 Å². The number of methoxy groups -OCH3 is 1. The summed E-state index contributed by atoms with van der Waals surface area (Å²) < 4.78 is 7.02. The van der Waals surface area contributed by atoms with Gasteiger partial charge in [-0.1, -0.05) is 0 Å². The highest BCUT2D eigenvalue weighted by atomic mass is 32.1. The van der Waals surface area contributed by atoms with Crippen molar-refractivity contribution in [3.05, 3.63) is 50.9 Å². The van der Waals surface area contributed by atoms with E-state index < -0.39 is 0 Å². The van der Waals surface area contributed by atoms with Crippen LogP contribution in [0, 0.1) is 6.92 Å². The van der Waals surface area contributed by atoms with Gasteiger partial charge in [0.15, 0.2) is 0 Å².